The van der Waals surface area contributed by atoms with Crippen LogP contribution in [0.1, 0.15) is 45.6 Å². The van der Waals surface area contributed by atoms with Crippen molar-refractivity contribution in [2.75, 3.05) is 26.2 Å². The maximum atomic E-state index is 5.53. The maximum Gasteiger partial charge on any atom is 0.191 e. The second kappa shape index (κ2) is 10.6. The zero-order chi connectivity index (χ0) is 15.5. The topological polar surface area (TPSA) is 45.7 Å². The Morgan fingerprint density at radius 2 is 2.14 bits per heavy atom. The Kier molecular flexibility index (Phi) is 9.10. The number of ether oxygens (including phenoxy) is 1. The minimum absolute atomic E-state index is 0.304. The Morgan fingerprint density at radius 1 is 1.33 bits per heavy atom. The van der Waals surface area contributed by atoms with E-state index >= 15 is 0 Å². The van der Waals surface area contributed by atoms with Crippen molar-refractivity contribution in [3.05, 3.63) is 22.4 Å². The summed E-state index contributed by atoms with van der Waals surface area (Å²) in [6, 6.07) is 2.18. The molecule has 0 aromatic carbocycles. The number of guanidine groups is 1. The van der Waals surface area contributed by atoms with E-state index in [0.717, 1.165) is 38.6 Å². The van der Waals surface area contributed by atoms with Crippen LogP contribution in [0.3, 0.4) is 0 Å². The van der Waals surface area contributed by atoms with Crippen LogP contribution in [0.25, 0.3) is 0 Å². The summed E-state index contributed by atoms with van der Waals surface area (Å²) >= 11 is 1.74. The van der Waals surface area contributed by atoms with Gasteiger partial charge in [-0.1, -0.05) is 6.92 Å². The number of nitrogens with zero attached hydrogens (tertiary/aromatic N) is 1. The van der Waals surface area contributed by atoms with Gasteiger partial charge in [-0.2, -0.15) is 11.3 Å². The lowest BCUT2D eigenvalue weighted by Crippen LogP contribution is -2.38. The molecule has 0 saturated heterocycles. The number of nitrogens with one attached hydrogen (secondary N) is 2. The summed E-state index contributed by atoms with van der Waals surface area (Å²) in [4.78, 5) is 4.66. The van der Waals surface area contributed by atoms with E-state index in [0.29, 0.717) is 12.0 Å². The van der Waals surface area contributed by atoms with Crippen LogP contribution in [0.15, 0.2) is 21.8 Å². The zero-order valence-electron chi connectivity index (χ0n) is 13.7. The van der Waals surface area contributed by atoms with Gasteiger partial charge in [0.2, 0.25) is 0 Å². The van der Waals surface area contributed by atoms with E-state index in [2.05, 4.69) is 60.1 Å². The molecule has 1 aromatic rings. The van der Waals surface area contributed by atoms with Crippen molar-refractivity contribution in [1.29, 1.82) is 0 Å². The average Bonchev–Trinajstić information content (AvgIpc) is 2.97. The molecule has 1 atom stereocenters. The van der Waals surface area contributed by atoms with E-state index in [1.807, 2.05) is 0 Å². The van der Waals surface area contributed by atoms with Crippen LogP contribution in [0, 0.1) is 0 Å². The molecule has 2 N–H and O–H groups in total. The summed E-state index contributed by atoms with van der Waals surface area (Å²) < 4.78 is 5.53. The molecule has 0 aliphatic carbocycles. The van der Waals surface area contributed by atoms with Crippen LogP contribution in [0.2, 0.25) is 0 Å². The third-order valence-electron chi connectivity index (χ3n) is 3.04. The van der Waals surface area contributed by atoms with Gasteiger partial charge in [0.25, 0.3) is 0 Å². The summed E-state index contributed by atoms with van der Waals surface area (Å²) in [6.07, 6.45) is 1.29. The smallest absolute Gasteiger partial charge is 0.191 e. The van der Waals surface area contributed by atoms with Crippen molar-refractivity contribution >= 4 is 17.3 Å². The number of aliphatic imine (C=N–C) groups is 1. The molecule has 1 aromatic heterocycles. The Balaban J connectivity index is 2.32. The van der Waals surface area contributed by atoms with Crippen molar-refractivity contribution in [3.8, 4) is 0 Å². The fourth-order valence-corrected chi connectivity index (χ4v) is 2.61. The van der Waals surface area contributed by atoms with E-state index in [1.165, 1.54) is 5.56 Å². The largest absolute Gasteiger partial charge is 0.379 e. The molecular formula is C16H29N3OS. The highest BCUT2D eigenvalue weighted by Crippen LogP contribution is 2.18. The van der Waals surface area contributed by atoms with Gasteiger partial charge in [0.1, 0.15) is 0 Å². The first-order valence-corrected chi connectivity index (χ1v) is 8.73. The predicted octanol–water partition coefficient (Wildman–Crippen LogP) is 3.22. The van der Waals surface area contributed by atoms with Gasteiger partial charge in [0.15, 0.2) is 5.96 Å². The highest BCUT2D eigenvalue weighted by atomic mass is 32.1. The first-order valence-electron chi connectivity index (χ1n) is 7.79. The van der Waals surface area contributed by atoms with Gasteiger partial charge in [-0.05, 0) is 49.6 Å². The number of hydrogen-bond donors (Lipinski definition) is 2. The molecule has 0 radical (unpaired) electrons. The minimum Gasteiger partial charge on any atom is -0.379 e. The van der Waals surface area contributed by atoms with Gasteiger partial charge in [0, 0.05) is 32.2 Å². The molecule has 120 valence electrons. The van der Waals surface area contributed by atoms with E-state index in [9.17, 15) is 0 Å². The third kappa shape index (κ3) is 8.07. The van der Waals surface area contributed by atoms with Crippen molar-refractivity contribution in [2.45, 2.75) is 46.1 Å². The second-order valence-corrected chi connectivity index (χ2v) is 6.16. The SMILES string of the molecule is CCNC(=NCC(C)c1ccsc1)NCCCOC(C)C. The average molecular weight is 311 g/mol. The number of thiophene rings is 1. The van der Waals surface area contributed by atoms with Crippen LogP contribution in [0.4, 0.5) is 0 Å². The Morgan fingerprint density at radius 3 is 2.76 bits per heavy atom. The lowest BCUT2D eigenvalue weighted by atomic mass is 10.1. The summed E-state index contributed by atoms with van der Waals surface area (Å²) in [6.45, 7) is 11.8. The second-order valence-electron chi connectivity index (χ2n) is 5.38. The first-order chi connectivity index (χ1) is 10.1. The van der Waals surface area contributed by atoms with Crippen molar-refractivity contribution in [1.82, 2.24) is 10.6 Å². The van der Waals surface area contributed by atoms with Crippen LogP contribution >= 0.6 is 11.3 Å². The summed E-state index contributed by atoms with van der Waals surface area (Å²) in [5.41, 5.74) is 1.37. The lowest BCUT2D eigenvalue weighted by molar-refractivity contribution is 0.0776. The predicted molar refractivity (Wildman–Crippen MR) is 92.4 cm³/mol. The normalized spacial score (nSPS) is 13.5. The summed E-state index contributed by atoms with van der Waals surface area (Å²) in [5, 5.41) is 11.0. The van der Waals surface area contributed by atoms with Crippen LogP contribution in [-0.2, 0) is 4.74 Å². The standard InChI is InChI=1S/C16H29N3OS/c1-5-17-16(18-8-6-9-20-13(2)3)19-11-14(4)15-7-10-21-12-15/h7,10,12-14H,5-6,8-9,11H2,1-4H3,(H2,17,18,19). The molecule has 21 heavy (non-hydrogen) atoms. The molecule has 1 unspecified atom stereocenters. The molecule has 0 bridgehead atoms. The quantitative estimate of drug-likeness (QED) is 0.418. The highest BCUT2D eigenvalue weighted by Gasteiger charge is 2.05. The summed E-state index contributed by atoms with van der Waals surface area (Å²) in [7, 11) is 0. The Bertz CT molecular complexity index is 390. The Hall–Kier alpha value is -1.07. The van der Waals surface area contributed by atoms with Gasteiger partial charge in [-0.25, -0.2) is 0 Å². The van der Waals surface area contributed by atoms with E-state index in [1.54, 1.807) is 11.3 Å². The van der Waals surface area contributed by atoms with Crippen molar-refractivity contribution in [2.24, 2.45) is 4.99 Å². The molecular weight excluding hydrogens is 282 g/mol. The molecule has 0 aliphatic rings. The fourth-order valence-electron chi connectivity index (χ4n) is 1.83. The minimum atomic E-state index is 0.304. The zero-order valence-corrected chi connectivity index (χ0v) is 14.5. The van der Waals surface area contributed by atoms with Crippen molar-refractivity contribution < 1.29 is 4.74 Å². The van der Waals surface area contributed by atoms with Crippen LogP contribution in [-0.4, -0.2) is 38.3 Å². The molecule has 1 rings (SSSR count). The van der Waals surface area contributed by atoms with Gasteiger partial charge < -0.3 is 15.4 Å². The number of hydrogen-bond acceptors (Lipinski definition) is 3. The van der Waals surface area contributed by atoms with Gasteiger partial charge in [-0.15, -0.1) is 0 Å². The Labute approximate surface area is 133 Å². The molecule has 4 nitrogen and oxygen atoms in total. The molecule has 5 heteroatoms. The van der Waals surface area contributed by atoms with E-state index < -0.39 is 0 Å². The van der Waals surface area contributed by atoms with Gasteiger partial charge >= 0.3 is 0 Å². The molecule has 0 spiro atoms. The van der Waals surface area contributed by atoms with E-state index in [4.69, 9.17) is 4.74 Å². The molecule has 0 aliphatic heterocycles. The van der Waals surface area contributed by atoms with Crippen LogP contribution < -0.4 is 10.6 Å². The number of rotatable bonds is 9. The molecule has 0 amide bonds. The molecule has 0 fully saturated rings. The van der Waals surface area contributed by atoms with Crippen LogP contribution in [0.5, 0.6) is 0 Å². The maximum absolute atomic E-state index is 5.53. The first kappa shape index (κ1) is 18.0. The third-order valence-corrected chi connectivity index (χ3v) is 3.75. The highest BCUT2D eigenvalue weighted by molar-refractivity contribution is 7.07. The molecule has 1 heterocycles. The van der Waals surface area contributed by atoms with E-state index in [-0.39, 0.29) is 0 Å². The lowest BCUT2D eigenvalue weighted by Gasteiger charge is -2.13. The molecule has 0 saturated carbocycles. The van der Waals surface area contributed by atoms with Crippen molar-refractivity contribution in [3.63, 3.8) is 0 Å². The van der Waals surface area contributed by atoms with Gasteiger partial charge in [0.05, 0.1) is 6.10 Å². The summed E-state index contributed by atoms with van der Waals surface area (Å²) in [5.74, 6) is 1.35. The fraction of sp³-hybridized carbons (Fsp3) is 0.688. The monoisotopic (exact) mass is 311 g/mol. The van der Waals surface area contributed by atoms with Gasteiger partial charge in [-0.3, -0.25) is 4.99 Å².